The SMILES string of the molecule is Cc1cc(-c2ccc(-c3ccc(OCCOCC4CO4)c(C)c3)cc2)ccc1OCCOCC1CO1. The fourth-order valence-electron chi connectivity index (χ4n) is 4.02. The van der Waals surface area contributed by atoms with Crippen molar-refractivity contribution in [1.29, 1.82) is 0 Å². The molecule has 2 fully saturated rings. The maximum Gasteiger partial charge on any atom is 0.122 e. The quantitative estimate of drug-likeness (QED) is 0.228. The fourth-order valence-corrected chi connectivity index (χ4v) is 4.02. The van der Waals surface area contributed by atoms with Crippen LogP contribution in [0.15, 0.2) is 60.7 Å². The van der Waals surface area contributed by atoms with Gasteiger partial charge < -0.3 is 28.4 Å². The Labute approximate surface area is 213 Å². The van der Waals surface area contributed by atoms with Gasteiger partial charge in [0.05, 0.1) is 39.6 Å². The van der Waals surface area contributed by atoms with Gasteiger partial charge in [-0.25, -0.2) is 0 Å². The second-order valence-corrected chi connectivity index (χ2v) is 9.30. The van der Waals surface area contributed by atoms with Gasteiger partial charge >= 0.3 is 0 Å². The van der Waals surface area contributed by atoms with Gasteiger partial charge in [0, 0.05) is 0 Å². The second kappa shape index (κ2) is 11.9. The van der Waals surface area contributed by atoms with Gasteiger partial charge in [0.1, 0.15) is 36.9 Å². The summed E-state index contributed by atoms with van der Waals surface area (Å²) in [5.41, 5.74) is 6.91. The van der Waals surface area contributed by atoms with E-state index in [9.17, 15) is 0 Å². The van der Waals surface area contributed by atoms with Gasteiger partial charge in [0.15, 0.2) is 0 Å². The highest BCUT2D eigenvalue weighted by Crippen LogP contribution is 2.30. The van der Waals surface area contributed by atoms with Crippen molar-refractivity contribution in [2.24, 2.45) is 0 Å². The van der Waals surface area contributed by atoms with Crippen molar-refractivity contribution >= 4 is 0 Å². The first-order valence-corrected chi connectivity index (χ1v) is 12.6. The van der Waals surface area contributed by atoms with Crippen LogP contribution in [0.25, 0.3) is 22.3 Å². The highest BCUT2D eigenvalue weighted by molar-refractivity contribution is 5.72. The van der Waals surface area contributed by atoms with Crippen LogP contribution in [-0.4, -0.2) is 65.1 Å². The van der Waals surface area contributed by atoms with Crippen molar-refractivity contribution in [2.45, 2.75) is 26.1 Å². The largest absolute Gasteiger partial charge is 0.491 e. The summed E-state index contributed by atoms with van der Waals surface area (Å²) < 4.78 is 33.1. The first-order valence-electron chi connectivity index (χ1n) is 12.6. The molecule has 0 aliphatic carbocycles. The number of benzene rings is 3. The molecule has 6 heteroatoms. The van der Waals surface area contributed by atoms with Crippen molar-refractivity contribution in [3.63, 3.8) is 0 Å². The molecule has 0 amide bonds. The van der Waals surface area contributed by atoms with Crippen LogP contribution in [0, 0.1) is 13.8 Å². The number of rotatable bonds is 14. The zero-order chi connectivity index (χ0) is 24.7. The molecule has 0 N–H and O–H groups in total. The van der Waals surface area contributed by atoms with Crippen LogP contribution in [0.3, 0.4) is 0 Å². The van der Waals surface area contributed by atoms with Crippen LogP contribution >= 0.6 is 0 Å². The van der Waals surface area contributed by atoms with Gasteiger partial charge in [-0.3, -0.25) is 0 Å². The molecule has 2 unspecified atom stereocenters. The minimum absolute atomic E-state index is 0.290. The molecule has 0 saturated carbocycles. The third-order valence-electron chi connectivity index (χ3n) is 6.28. The van der Waals surface area contributed by atoms with Crippen LogP contribution in [-0.2, 0) is 18.9 Å². The number of hydrogen-bond acceptors (Lipinski definition) is 6. The molecule has 0 bridgehead atoms. The first kappa shape index (κ1) is 24.8. The number of ether oxygens (including phenoxy) is 6. The Kier molecular flexibility index (Phi) is 8.18. The number of epoxide rings is 2. The Morgan fingerprint density at radius 2 is 0.972 bits per heavy atom. The highest BCUT2D eigenvalue weighted by atomic mass is 16.6. The van der Waals surface area contributed by atoms with E-state index in [0.717, 1.165) is 35.8 Å². The van der Waals surface area contributed by atoms with Crippen LogP contribution in [0.4, 0.5) is 0 Å². The molecule has 2 saturated heterocycles. The molecule has 0 spiro atoms. The lowest BCUT2D eigenvalue weighted by Gasteiger charge is -2.12. The summed E-state index contributed by atoms with van der Waals surface area (Å²) in [5.74, 6) is 1.78. The maximum absolute atomic E-state index is 5.89. The summed E-state index contributed by atoms with van der Waals surface area (Å²) in [6, 6.07) is 21.3. The lowest BCUT2D eigenvalue weighted by Crippen LogP contribution is -2.10. The predicted molar refractivity (Wildman–Crippen MR) is 139 cm³/mol. The molecule has 190 valence electrons. The molecule has 0 aromatic heterocycles. The van der Waals surface area contributed by atoms with E-state index < -0.39 is 0 Å². The number of hydrogen-bond donors (Lipinski definition) is 0. The average Bonchev–Trinajstić information content (AvgIpc) is 3.81. The molecule has 2 atom stereocenters. The molecule has 2 aliphatic heterocycles. The van der Waals surface area contributed by atoms with Gasteiger partial charge in [-0.2, -0.15) is 0 Å². The minimum Gasteiger partial charge on any atom is -0.491 e. The smallest absolute Gasteiger partial charge is 0.122 e. The lowest BCUT2D eigenvalue weighted by molar-refractivity contribution is 0.0876. The molecule has 2 heterocycles. The van der Waals surface area contributed by atoms with E-state index in [0.29, 0.717) is 39.6 Å². The Morgan fingerprint density at radius 1 is 0.583 bits per heavy atom. The van der Waals surface area contributed by atoms with E-state index in [-0.39, 0.29) is 12.2 Å². The predicted octanol–water partition coefficient (Wildman–Crippen LogP) is 5.23. The Balaban J connectivity index is 1.13. The van der Waals surface area contributed by atoms with E-state index in [1.807, 2.05) is 12.1 Å². The van der Waals surface area contributed by atoms with Crippen molar-refractivity contribution in [1.82, 2.24) is 0 Å². The molecular formula is C30H34O6. The summed E-state index contributed by atoms with van der Waals surface area (Å²) >= 11 is 0. The summed E-state index contributed by atoms with van der Waals surface area (Å²) in [6.45, 7) is 9.30. The fraction of sp³-hybridized carbons (Fsp3) is 0.400. The first-order chi connectivity index (χ1) is 17.7. The van der Waals surface area contributed by atoms with Crippen LogP contribution < -0.4 is 9.47 Å². The summed E-state index contributed by atoms with van der Waals surface area (Å²) in [5, 5.41) is 0. The zero-order valence-corrected chi connectivity index (χ0v) is 21.0. The maximum atomic E-state index is 5.89. The van der Waals surface area contributed by atoms with Gasteiger partial charge in [-0.1, -0.05) is 36.4 Å². The number of aryl methyl sites for hydroxylation is 2. The third-order valence-corrected chi connectivity index (χ3v) is 6.28. The molecule has 6 nitrogen and oxygen atoms in total. The van der Waals surface area contributed by atoms with Crippen molar-refractivity contribution in [3.8, 4) is 33.8 Å². The highest BCUT2D eigenvalue weighted by Gasteiger charge is 2.22. The van der Waals surface area contributed by atoms with Crippen LogP contribution in [0.1, 0.15) is 11.1 Å². The minimum atomic E-state index is 0.290. The summed E-state index contributed by atoms with van der Waals surface area (Å²) in [4.78, 5) is 0. The molecule has 0 radical (unpaired) electrons. The molecule has 3 aromatic carbocycles. The van der Waals surface area contributed by atoms with E-state index in [4.69, 9.17) is 28.4 Å². The van der Waals surface area contributed by atoms with Gasteiger partial charge in [0.2, 0.25) is 0 Å². The van der Waals surface area contributed by atoms with Crippen molar-refractivity contribution in [3.05, 3.63) is 71.8 Å². The monoisotopic (exact) mass is 490 g/mol. The zero-order valence-electron chi connectivity index (χ0n) is 21.0. The third kappa shape index (κ3) is 7.08. The van der Waals surface area contributed by atoms with Crippen LogP contribution in [0.5, 0.6) is 11.5 Å². The van der Waals surface area contributed by atoms with E-state index >= 15 is 0 Å². The molecule has 36 heavy (non-hydrogen) atoms. The topological polar surface area (TPSA) is 62.0 Å². The van der Waals surface area contributed by atoms with E-state index in [1.54, 1.807) is 0 Å². The Morgan fingerprint density at radius 3 is 1.33 bits per heavy atom. The van der Waals surface area contributed by atoms with E-state index in [2.05, 4.69) is 62.4 Å². The Hall–Kier alpha value is -2.90. The molecule has 5 rings (SSSR count). The summed E-state index contributed by atoms with van der Waals surface area (Å²) in [6.07, 6.45) is 0.579. The van der Waals surface area contributed by atoms with Crippen molar-refractivity contribution < 1.29 is 28.4 Å². The lowest BCUT2D eigenvalue weighted by atomic mass is 9.98. The van der Waals surface area contributed by atoms with E-state index in [1.165, 1.54) is 22.3 Å². The second-order valence-electron chi connectivity index (χ2n) is 9.30. The molecular weight excluding hydrogens is 456 g/mol. The van der Waals surface area contributed by atoms with Gasteiger partial charge in [-0.15, -0.1) is 0 Å². The van der Waals surface area contributed by atoms with Crippen molar-refractivity contribution in [2.75, 3.05) is 52.9 Å². The average molecular weight is 491 g/mol. The normalized spacial score (nSPS) is 18.2. The summed E-state index contributed by atoms with van der Waals surface area (Å²) in [7, 11) is 0. The Bertz CT molecular complexity index is 1040. The molecule has 2 aliphatic rings. The van der Waals surface area contributed by atoms with Gasteiger partial charge in [-0.05, 0) is 71.5 Å². The van der Waals surface area contributed by atoms with Crippen LogP contribution in [0.2, 0.25) is 0 Å². The standard InChI is InChI=1S/C30H34O6/c1-21-15-25(7-9-29(21)33-13-11-31-17-27-19-35-27)23-3-5-24(6-4-23)26-8-10-30(22(2)16-26)34-14-12-32-18-28-20-36-28/h3-10,15-16,27-28H,11-14,17-20H2,1-2H3. The van der Waals surface area contributed by atoms with Gasteiger partial charge in [0.25, 0.3) is 0 Å². The molecule has 3 aromatic rings.